The lowest BCUT2D eigenvalue weighted by molar-refractivity contribution is 0.0964. The fourth-order valence-electron chi connectivity index (χ4n) is 2.98. The topological polar surface area (TPSA) is 61.4 Å². The molecule has 0 saturated heterocycles. The normalized spacial score (nSPS) is 10.8. The lowest BCUT2D eigenvalue weighted by Gasteiger charge is -2.05. The zero-order chi connectivity index (χ0) is 18.1. The Kier molecular flexibility index (Phi) is 3.89. The molecule has 0 aliphatic carbocycles. The third kappa shape index (κ3) is 2.59. The molecule has 2 aromatic carbocycles. The quantitative estimate of drug-likeness (QED) is 0.514. The van der Waals surface area contributed by atoms with Crippen molar-refractivity contribution < 1.29 is 18.7 Å². The molecule has 0 aliphatic heterocycles. The maximum atomic E-state index is 13.0. The third-order valence-corrected chi connectivity index (χ3v) is 4.28. The smallest absolute Gasteiger partial charge is 0.262 e. The molecule has 0 aliphatic rings. The number of hydrogen-bond donors (Lipinski definition) is 0. The van der Waals surface area contributed by atoms with E-state index in [0.717, 1.165) is 16.5 Å². The molecular weight excluding hydrogens is 330 g/mol. The molecule has 0 spiro atoms. The second-order valence-electron chi connectivity index (χ2n) is 5.78. The molecule has 0 unspecified atom stereocenters. The van der Waals surface area contributed by atoms with Crippen molar-refractivity contribution >= 4 is 23.1 Å². The molecule has 2 aromatic heterocycles. The molecule has 2 heterocycles. The average molecular weight is 345 g/mol. The second-order valence-corrected chi connectivity index (χ2v) is 5.78. The van der Waals surface area contributed by atoms with Crippen molar-refractivity contribution in [2.24, 2.45) is 0 Å². The zero-order valence-corrected chi connectivity index (χ0v) is 14.0. The Labute approximate surface area is 149 Å². The first-order chi connectivity index (χ1) is 12.7. The van der Waals surface area contributed by atoms with Crippen LogP contribution in [-0.4, -0.2) is 23.9 Å². The van der Waals surface area contributed by atoms with Crippen LogP contribution in [0.4, 0.5) is 0 Å². The summed E-state index contributed by atoms with van der Waals surface area (Å²) >= 11 is 0. The SMILES string of the molecule is COc1ccc(C(=O)n2cc(-c3ccc(C=O)o3)c3ccccc32)cc1. The highest BCUT2D eigenvalue weighted by Crippen LogP contribution is 2.32. The van der Waals surface area contributed by atoms with Gasteiger partial charge in [-0.1, -0.05) is 18.2 Å². The summed E-state index contributed by atoms with van der Waals surface area (Å²) in [5, 5.41) is 0.876. The van der Waals surface area contributed by atoms with Crippen molar-refractivity contribution in [2.75, 3.05) is 7.11 Å². The summed E-state index contributed by atoms with van der Waals surface area (Å²) in [6, 6.07) is 17.9. The summed E-state index contributed by atoms with van der Waals surface area (Å²) < 4.78 is 12.3. The number of hydrogen-bond acceptors (Lipinski definition) is 4. The molecule has 4 aromatic rings. The minimum absolute atomic E-state index is 0.155. The number of rotatable bonds is 4. The molecule has 0 amide bonds. The number of carbonyl (C=O) groups is 2. The Morgan fingerprint density at radius 1 is 1.04 bits per heavy atom. The summed E-state index contributed by atoms with van der Waals surface area (Å²) in [5.41, 5.74) is 2.08. The van der Waals surface area contributed by atoms with Crippen LogP contribution in [-0.2, 0) is 0 Å². The van der Waals surface area contributed by atoms with Gasteiger partial charge in [0.1, 0.15) is 11.5 Å². The van der Waals surface area contributed by atoms with E-state index in [-0.39, 0.29) is 11.7 Å². The molecule has 0 atom stereocenters. The minimum Gasteiger partial charge on any atom is -0.497 e. The van der Waals surface area contributed by atoms with Crippen molar-refractivity contribution in [1.82, 2.24) is 4.57 Å². The fourth-order valence-corrected chi connectivity index (χ4v) is 2.98. The van der Waals surface area contributed by atoms with Crippen molar-refractivity contribution in [1.29, 1.82) is 0 Å². The van der Waals surface area contributed by atoms with Gasteiger partial charge in [-0.05, 0) is 42.5 Å². The molecule has 0 bridgehead atoms. The fraction of sp³-hybridized carbons (Fsp3) is 0.0476. The van der Waals surface area contributed by atoms with Crippen LogP contribution in [0.3, 0.4) is 0 Å². The molecule has 128 valence electrons. The van der Waals surface area contributed by atoms with E-state index in [9.17, 15) is 9.59 Å². The van der Waals surface area contributed by atoms with E-state index in [1.54, 1.807) is 54.3 Å². The van der Waals surface area contributed by atoms with Crippen LogP contribution in [0.1, 0.15) is 20.9 Å². The maximum Gasteiger partial charge on any atom is 0.262 e. The van der Waals surface area contributed by atoms with Crippen LogP contribution >= 0.6 is 0 Å². The molecule has 26 heavy (non-hydrogen) atoms. The molecule has 5 nitrogen and oxygen atoms in total. The maximum absolute atomic E-state index is 13.0. The molecular formula is C21H15NO4. The number of benzene rings is 2. The van der Waals surface area contributed by atoms with Gasteiger partial charge in [-0.2, -0.15) is 0 Å². The Morgan fingerprint density at radius 3 is 2.50 bits per heavy atom. The van der Waals surface area contributed by atoms with E-state index in [1.807, 2.05) is 24.3 Å². The lowest BCUT2D eigenvalue weighted by atomic mass is 10.1. The van der Waals surface area contributed by atoms with E-state index >= 15 is 0 Å². The van der Waals surface area contributed by atoms with Crippen molar-refractivity contribution in [3.63, 3.8) is 0 Å². The van der Waals surface area contributed by atoms with Gasteiger partial charge in [-0.3, -0.25) is 14.2 Å². The van der Waals surface area contributed by atoms with Gasteiger partial charge in [0.25, 0.3) is 5.91 Å². The van der Waals surface area contributed by atoms with Gasteiger partial charge in [0.2, 0.25) is 0 Å². The molecule has 0 N–H and O–H groups in total. The number of carbonyl (C=O) groups excluding carboxylic acids is 2. The van der Waals surface area contributed by atoms with Crippen molar-refractivity contribution in [2.45, 2.75) is 0 Å². The summed E-state index contributed by atoms with van der Waals surface area (Å²) in [5.74, 6) is 1.33. The molecule has 0 saturated carbocycles. The van der Waals surface area contributed by atoms with Crippen LogP contribution in [0.25, 0.3) is 22.2 Å². The number of methoxy groups -OCH3 is 1. The van der Waals surface area contributed by atoms with Crippen LogP contribution in [0.2, 0.25) is 0 Å². The van der Waals surface area contributed by atoms with E-state index in [1.165, 1.54) is 0 Å². The van der Waals surface area contributed by atoms with E-state index < -0.39 is 0 Å². The number of fused-ring (bicyclic) bond motifs is 1. The van der Waals surface area contributed by atoms with Crippen molar-refractivity contribution in [3.8, 4) is 17.1 Å². The monoisotopic (exact) mass is 345 g/mol. The Bertz CT molecular complexity index is 1100. The number of aldehydes is 1. The zero-order valence-electron chi connectivity index (χ0n) is 14.0. The minimum atomic E-state index is -0.155. The number of aromatic nitrogens is 1. The third-order valence-electron chi connectivity index (χ3n) is 4.28. The molecule has 0 fully saturated rings. The molecule has 0 radical (unpaired) electrons. The van der Waals surface area contributed by atoms with Crippen LogP contribution in [0.15, 0.2) is 71.3 Å². The summed E-state index contributed by atoms with van der Waals surface area (Å²) in [6.07, 6.45) is 2.40. The summed E-state index contributed by atoms with van der Waals surface area (Å²) in [7, 11) is 1.58. The predicted octanol–water partition coefficient (Wildman–Crippen LogP) is 4.41. The van der Waals surface area contributed by atoms with Gasteiger partial charge in [0.05, 0.1) is 12.6 Å². The van der Waals surface area contributed by atoms with E-state index in [2.05, 4.69) is 0 Å². The first-order valence-corrected chi connectivity index (χ1v) is 8.05. The first-order valence-electron chi connectivity index (χ1n) is 8.05. The van der Waals surface area contributed by atoms with Crippen molar-refractivity contribution in [3.05, 3.63) is 78.2 Å². The van der Waals surface area contributed by atoms with Gasteiger partial charge in [-0.25, -0.2) is 0 Å². The Hall–Kier alpha value is -3.60. The summed E-state index contributed by atoms with van der Waals surface area (Å²) in [6.45, 7) is 0. The standard InChI is InChI=1S/C21H15NO4/c1-25-15-8-6-14(7-9-15)21(24)22-12-18(17-4-2-3-5-19(17)22)20-11-10-16(13-23)26-20/h2-13H,1H3. The number of nitrogens with zero attached hydrogens (tertiary/aromatic N) is 1. The van der Waals surface area contributed by atoms with Crippen LogP contribution in [0, 0.1) is 0 Å². The molecule has 4 rings (SSSR count). The molecule has 5 heteroatoms. The van der Waals surface area contributed by atoms with Gasteiger partial charge in [0, 0.05) is 22.7 Å². The van der Waals surface area contributed by atoms with E-state index in [0.29, 0.717) is 23.4 Å². The van der Waals surface area contributed by atoms with Crippen LogP contribution in [0.5, 0.6) is 5.75 Å². The highest BCUT2D eigenvalue weighted by atomic mass is 16.5. The average Bonchev–Trinajstić information content (AvgIpc) is 3.32. The second kappa shape index (κ2) is 6.37. The first kappa shape index (κ1) is 15.9. The van der Waals surface area contributed by atoms with Gasteiger partial charge in [0.15, 0.2) is 12.0 Å². The number of furan rings is 1. The highest BCUT2D eigenvalue weighted by molar-refractivity contribution is 6.06. The number of para-hydroxylation sites is 1. The van der Waals surface area contributed by atoms with Gasteiger partial charge < -0.3 is 9.15 Å². The van der Waals surface area contributed by atoms with Gasteiger partial charge >= 0.3 is 0 Å². The van der Waals surface area contributed by atoms with Gasteiger partial charge in [-0.15, -0.1) is 0 Å². The number of ether oxygens (including phenoxy) is 1. The van der Waals surface area contributed by atoms with Crippen LogP contribution < -0.4 is 4.74 Å². The largest absolute Gasteiger partial charge is 0.497 e. The lowest BCUT2D eigenvalue weighted by Crippen LogP contribution is -2.10. The van der Waals surface area contributed by atoms with E-state index in [4.69, 9.17) is 9.15 Å². The Balaban J connectivity index is 1.84. The highest BCUT2D eigenvalue weighted by Gasteiger charge is 2.18. The summed E-state index contributed by atoms with van der Waals surface area (Å²) in [4.78, 5) is 23.9. The Morgan fingerprint density at radius 2 is 1.81 bits per heavy atom. The predicted molar refractivity (Wildman–Crippen MR) is 97.8 cm³/mol.